The van der Waals surface area contributed by atoms with Crippen molar-refractivity contribution in [1.29, 1.82) is 0 Å². The Morgan fingerprint density at radius 2 is 2.21 bits per heavy atom. The summed E-state index contributed by atoms with van der Waals surface area (Å²) in [4.78, 5) is 37.3. The van der Waals surface area contributed by atoms with Crippen molar-refractivity contribution in [2.75, 3.05) is 12.4 Å². The van der Waals surface area contributed by atoms with Gasteiger partial charge in [0.2, 0.25) is 5.91 Å². The lowest BCUT2D eigenvalue weighted by atomic mass is 10.3. The summed E-state index contributed by atoms with van der Waals surface area (Å²) in [5.74, 6) is -0.857. The Labute approximate surface area is 113 Å². The third-order valence-electron chi connectivity index (χ3n) is 2.09. The molecule has 1 aromatic rings. The second-order valence-corrected chi connectivity index (χ2v) is 4.47. The van der Waals surface area contributed by atoms with E-state index in [0.29, 0.717) is 10.8 Å². The summed E-state index contributed by atoms with van der Waals surface area (Å²) in [6.45, 7) is 1.49. The quantitative estimate of drug-likeness (QED) is 0.650. The summed E-state index contributed by atoms with van der Waals surface area (Å²) < 4.78 is 4.50. The van der Waals surface area contributed by atoms with Gasteiger partial charge in [-0.15, -0.1) is 11.3 Å². The lowest BCUT2D eigenvalue weighted by molar-refractivity contribution is -0.139. The number of hydrogen-bond acceptors (Lipinski definition) is 6. The molecule has 0 radical (unpaired) electrons. The molecular formula is C10H14N4O4S. The number of esters is 1. The number of thiazole rings is 1. The zero-order chi connectivity index (χ0) is 14.4. The van der Waals surface area contributed by atoms with Crippen LogP contribution in [-0.2, 0) is 20.7 Å². The van der Waals surface area contributed by atoms with Crippen LogP contribution in [-0.4, -0.2) is 36.0 Å². The Hall–Kier alpha value is -2.16. The summed E-state index contributed by atoms with van der Waals surface area (Å²) in [6, 6.07) is -1.56. The van der Waals surface area contributed by atoms with Gasteiger partial charge in [-0.3, -0.25) is 9.59 Å². The van der Waals surface area contributed by atoms with E-state index < -0.39 is 23.9 Å². The molecule has 1 heterocycles. The minimum Gasteiger partial charge on any atom is -0.469 e. The molecule has 4 N–H and O–H groups in total. The Balaban J connectivity index is 2.55. The number of nitrogens with two attached hydrogens (primary N) is 1. The number of ether oxygens (including phenoxy) is 1. The van der Waals surface area contributed by atoms with E-state index in [4.69, 9.17) is 5.73 Å². The average Bonchev–Trinajstić information content (AvgIpc) is 2.75. The number of carbonyl (C=O) groups excluding carboxylic acids is 3. The molecule has 8 nitrogen and oxygen atoms in total. The molecule has 1 unspecified atom stereocenters. The highest BCUT2D eigenvalue weighted by Crippen LogP contribution is 2.16. The topological polar surface area (TPSA) is 123 Å². The third-order valence-corrected chi connectivity index (χ3v) is 2.89. The van der Waals surface area contributed by atoms with Crippen molar-refractivity contribution in [3.63, 3.8) is 0 Å². The van der Waals surface area contributed by atoms with Gasteiger partial charge < -0.3 is 21.1 Å². The number of rotatable bonds is 5. The van der Waals surface area contributed by atoms with Gasteiger partial charge in [-0.05, 0) is 6.92 Å². The van der Waals surface area contributed by atoms with E-state index in [1.807, 2.05) is 0 Å². The predicted octanol–water partition coefficient (Wildman–Crippen LogP) is -0.146. The third kappa shape index (κ3) is 4.92. The number of hydrogen-bond donors (Lipinski definition) is 3. The normalized spacial score (nSPS) is 11.5. The van der Waals surface area contributed by atoms with Crippen LogP contribution >= 0.6 is 11.3 Å². The van der Waals surface area contributed by atoms with E-state index >= 15 is 0 Å². The highest BCUT2D eigenvalue weighted by atomic mass is 32.1. The summed E-state index contributed by atoms with van der Waals surface area (Å²) in [5, 5.41) is 6.72. The predicted molar refractivity (Wildman–Crippen MR) is 68.6 cm³/mol. The first-order chi connectivity index (χ1) is 8.92. The lowest BCUT2D eigenvalue weighted by Gasteiger charge is -2.10. The maximum absolute atomic E-state index is 11.6. The Kier molecular flexibility index (Phi) is 5.24. The fourth-order valence-corrected chi connectivity index (χ4v) is 1.87. The van der Waals surface area contributed by atoms with Crippen LogP contribution in [0.4, 0.5) is 9.93 Å². The van der Waals surface area contributed by atoms with Gasteiger partial charge in [-0.1, -0.05) is 0 Å². The van der Waals surface area contributed by atoms with E-state index in [2.05, 4.69) is 20.4 Å². The molecule has 0 aliphatic heterocycles. The van der Waals surface area contributed by atoms with Crippen molar-refractivity contribution >= 4 is 34.4 Å². The molecule has 0 aromatic carbocycles. The molecule has 1 aromatic heterocycles. The molecule has 1 rings (SSSR count). The molecule has 0 bridgehead atoms. The fourth-order valence-electron chi connectivity index (χ4n) is 1.16. The minimum atomic E-state index is -0.784. The largest absolute Gasteiger partial charge is 0.469 e. The van der Waals surface area contributed by atoms with Crippen molar-refractivity contribution in [3.05, 3.63) is 11.1 Å². The Bertz CT molecular complexity index is 488. The Morgan fingerprint density at radius 3 is 2.79 bits per heavy atom. The fraction of sp³-hybridized carbons (Fsp3) is 0.400. The number of nitrogens with zero attached hydrogens (tertiary/aromatic N) is 1. The van der Waals surface area contributed by atoms with Gasteiger partial charge in [-0.2, -0.15) is 0 Å². The van der Waals surface area contributed by atoms with Gasteiger partial charge in [0.15, 0.2) is 5.13 Å². The minimum absolute atomic E-state index is 0.0396. The van der Waals surface area contributed by atoms with E-state index in [9.17, 15) is 14.4 Å². The average molecular weight is 286 g/mol. The first-order valence-electron chi connectivity index (χ1n) is 5.30. The van der Waals surface area contributed by atoms with Crippen LogP contribution in [0.1, 0.15) is 12.6 Å². The van der Waals surface area contributed by atoms with Crippen LogP contribution in [0.15, 0.2) is 5.38 Å². The molecule has 19 heavy (non-hydrogen) atoms. The summed E-state index contributed by atoms with van der Waals surface area (Å²) in [7, 11) is 1.29. The summed E-state index contributed by atoms with van der Waals surface area (Å²) >= 11 is 1.17. The molecule has 0 fully saturated rings. The van der Waals surface area contributed by atoms with Crippen molar-refractivity contribution in [2.24, 2.45) is 5.73 Å². The van der Waals surface area contributed by atoms with Gasteiger partial charge in [0, 0.05) is 5.38 Å². The zero-order valence-corrected chi connectivity index (χ0v) is 11.2. The SMILES string of the molecule is COC(=O)Cc1csc(NC(=O)C(C)NC(N)=O)n1. The Morgan fingerprint density at radius 1 is 1.53 bits per heavy atom. The maximum atomic E-state index is 11.6. The van der Waals surface area contributed by atoms with E-state index in [0.717, 1.165) is 0 Å². The molecule has 0 saturated carbocycles. The molecule has 9 heteroatoms. The first kappa shape index (κ1) is 14.9. The number of carbonyl (C=O) groups is 3. The van der Waals surface area contributed by atoms with Crippen molar-refractivity contribution < 1.29 is 19.1 Å². The highest BCUT2D eigenvalue weighted by molar-refractivity contribution is 7.13. The number of primary amides is 1. The first-order valence-corrected chi connectivity index (χ1v) is 6.18. The number of urea groups is 1. The summed E-state index contributed by atoms with van der Waals surface area (Å²) in [5.41, 5.74) is 5.41. The number of methoxy groups -OCH3 is 1. The van der Waals surface area contributed by atoms with Gasteiger partial charge in [0.05, 0.1) is 19.2 Å². The van der Waals surface area contributed by atoms with Crippen LogP contribution in [0.3, 0.4) is 0 Å². The maximum Gasteiger partial charge on any atom is 0.312 e. The van der Waals surface area contributed by atoms with Gasteiger partial charge >= 0.3 is 12.0 Å². The number of anilines is 1. The molecule has 3 amide bonds. The second kappa shape index (κ2) is 6.69. The molecule has 0 aliphatic carbocycles. The number of amides is 3. The van der Waals surface area contributed by atoms with Gasteiger partial charge in [-0.25, -0.2) is 9.78 Å². The zero-order valence-electron chi connectivity index (χ0n) is 10.4. The highest BCUT2D eigenvalue weighted by Gasteiger charge is 2.16. The van der Waals surface area contributed by atoms with Crippen LogP contribution in [0.25, 0.3) is 0 Å². The molecular weight excluding hydrogens is 272 g/mol. The number of aromatic nitrogens is 1. The van der Waals surface area contributed by atoms with Crippen molar-refractivity contribution in [3.8, 4) is 0 Å². The van der Waals surface area contributed by atoms with Crippen molar-refractivity contribution in [2.45, 2.75) is 19.4 Å². The molecule has 0 aliphatic rings. The lowest BCUT2D eigenvalue weighted by Crippen LogP contribution is -2.44. The van der Waals surface area contributed by atoms with Crippen LogP contribution in [0.2, 0.25) is 0 Å². The smallest absolute Gasteiger partial charge is 0.312 e. The standard InChI is InChI=1S/C10H14N4O4S/c1-5(12-9(11)17)8(16)14-10-13-6(4-19-10)3-7(15)18-2/h4-5H,3H2,1-2H3,(H3,11,12,17)(H,13,14,16). The monoisotopic (exact) mass is 286 g/mol. The molecule has 104 valence electrons. The van der Waals surface area contributed by atoms with Crippen LogP contribution in [0, 0.1) is 0 Å². The van der Waals surface area contributed by atoms with Crippen molar-refractivity contribution in [1.82, 2.24) is 10.3 Å². The van der Waals surface area contributed by atoms with E-state index in [-0.39, 0.29) is 6.42 Å². The van der Waals surface area contributed by atoms with E-state index in [1.54, 1.807) is 5.38 Å². The van der Waals surface area contributed by atoms with Crippen LogP contribution < -0.4 is 16.4 Å². The van der Waals surface area contributed by atoms with Gasteiger partial charge in [0.25, 0.3) is 0 Å². The number of nitrogens with one attached hydrogen (secondary N) is 2. The van der Waals surface area contributed by atoms with E-state index in [1.165, 1.54) is 25.4 Å². The van der Waals surface area contributed by atoms with Gasteiger partial charge in [0.1, 0.15) is 6.04 Å². The summed E-state index contributed by atoms with van der Waals surface area (Å²) in [6.07, 6.45) is 0.0396. The molecule has 0 spiro atoms. The van der Waals surface area contributed by atoms with Crippen LogP contribution in [0.5, 0.6) is 0 Å². The molecule has 0 saturated heterocycles. The second-order valence-electron chi connectivity index (χ2n) is 3.62. The molecule has 1 atom stereocenters.